The zero-order chi connectivity index (χ0) is 13.7. The predicted molar refractivity (Wildman–Crippen MR) is 80.2 cm³/mol. The van der Waals surface area contributed by atoms with Crippen molar-refractivity contribution in [3.63, 3.8) is 0 Å². The number of nitriles is 1. The number of benzene rings is 1. The van der Waals surface area contributed by atoms with Crippen molar-refractivity contribution in [3.8, 4) is 6.07 Å². The maximum Gasteiger partial charge on any atom is 0.100 e. The summed E-state index contributed by atoms with van der Waals surface area (Å²) in [4.78, 5) is 3.33. The van der Waals surface area contributed by atoms with Crippen molar-refractivity contribution >= 4 is 17.0 Å². The van der Waals surface area contributed by atoms with E-state index in [0.717, 1.165) is 24.3 Å². The standard InChI is InChI=1S/C15H17N3S/c1-18(2)10-12-4-3-5-14(6-12)17-9-15-7-13(8-16)11-19-15/h3-7,11,17H,9-10H2,1-2H3. The van der Waals surface area contributed by atoms with E-state index in [9.17, 15) is 0 Å². The highest BCUT2D eigenvalue weighted by atomic mass is 32.1. The number of anilines is 1. The molecule has 0 atom stereocenters. The first-order chi connectivity index (χ1) is 9.17. The summed E-state index contributed by atoms with van der Waals surface area (Å²) in [5.74, 6) is 0. The second-order valence-electron chi connectivity index (χ2n) is 4.71. The summed E-state index contributed by atoms with van der Waals surface area (Å²) in [5.41, 5.74) is 3.15. The fourth-order valence-corrected chi connectivity index (χ4v) is 2.62. The van der Waals surface area contributed by atoms with E-state index in [1.54, 1.807) is 11.3 Å². The summed E-state index contributed by atoms with van der Waals surface area (Å²) in [6, 6.07) is 12.5. The second kappa shape index (κ2) is 6.37. The first-order valence-electron chi connectivity index (χ1n) is 6.12. The van der Waals surface area contributed by atoms with E-state index < -0.39 is 0 Å². The average Bonchev–Trinajstić information content (AvgIpc) is 2.84. The molecule has 3 nitrogen and oxygen atoms in total. The molecule has 2 rings (SSSR count). The van der Waals surface area contributed by atoms with Gasteiger partial charge >= 0.3 is 0 Å². The maximum atomic E-state index is 8.79. The Balaban J connectivity index is 1.97. The number of hydrogen-bond donors (Lipinski definition) is 1. The first-order valence-corrected chi connectivity index (χ1v) is 7.00. The summed E-state index contributed by atoms with van der Waals surface area (Å²) in [6.07, 6.45) is 0. The zero-order valence-electron chi connectivity index (χ0n) is 11.2. The molecule has 1 aromatic heterocycles. The summed E-state index contributed by atoms with van der Waals surface area (Å²) in [5, 5.41) is 14.1. The van der Waals surface area contributed by atoms with Crippen molar-refractivity contribution in [1.82, 2.24) is 4.90 Å². The lowest BCUT2D eigenvalue weighted by molar-refractivity contribution is 0.402. The largest absolute Gasteiger partial charge is 0.380 e. The van der Waals surface area contributed by atoms with Gasteiger partial charge in [-0.1, -0.05) is 12.1 Å². The highest BCUT2D eigenvalue weighted by molar-refractivity contribution is 7.10. The molecule has 1 heterocycles. The van der Waals surface area contributed by atoms with Crippen LogP contribution in [0.2, 0.25) is 0 Å². The van der Waals surface area contributed by atoms with Crippen molar-refractivity contribution in [2.75, 3.05) is 19.4 Å². The molecule has 0 spiro atoms. The van der Waals surface area contributed by atoms with Gasteiger partial charge in [0.05, 0.1) is 5.56 Å². The maximum absolute atomic E-state index is 8.79. The molecule has 0 aliphatic rings. The van der Waals surface area contributed by atoms with Gasteiger partial charge in [-0.15, -0.1) is 11.3 Å². The van der Waals surface area contributed by atoms with E-state index in [0.29, 0.717) is 0 Å². The quantitative estimate of drug-likeness (QED) is 0.907. The number of nitrogens with zero attached hydrogens (tertiary/aromatic N) is 2. The third-order valence-electron chi connectivity index (χ3n) is 2.68. The molecule has 0 saturated heterocycles. The third-order valence-corrected chi connectivity index (χ3v) is 3.61. The molecule has 98 valence electrons. The second-order valence-corrected chi connectivity index (χ2v) is 5.70. The predicted octanol–water partition coefficient (Wildman–Crippen LogP) is 3.29. The van der Waals surface area contributed by atoms with Crippen molar-refractivity contribution in [1.29, 1.82) is 5.26 Å². The minimum absolute atomic E-state index is 0.739. The van der Waals surface area contributed by atoms with Crippen LogP contribution in [0.25, 0.3) is 0 Å². The molecule has 0 saturated carbocycles. The molecule has 1 aromatic carbocycles. The monoisotopic (exact) mass is 271 g/mol. The Morgan fingerprint density at radius 3 is 2.84 bits per heavy atom. The SMILES string of the molecule is CN(C)Cc1cccc(NCc2cc(C#N)cs2)c1. The molecule has 4 heteroatoms. The van der Waals surface area contributed by atoms with Crippen LogP contribution in [0.4, 0.5) is 5.69 Å². The van der Waals surface area contributed by atoms with Gasteiger partial charge in [-0.05, 0) is 37.9 Å². The molecule has 1 N–H and O–H groups in total. The Kier molecular flexibility index (Phi) is 4.56. The fourth-order valence-electron chi connectivity index (χ4n) is 1.87. The highest BCUT2D eigenvalue weighted by Gasteiger charge is 2.00. The molecular formula is C15H17N3S. The van der Waals surface area contributed by atoms with E-state index in [-0.39, 0.29) is 0 Å². The topological polar surface area (TPSA) is 39.1 Å². The Labute approximate surface area is 118 Å². The van der Waals surface area contributed by atoms with Crippen LogP contribution in [0, 0.1) is 11.3 Å². The van der Waals surface area contributed by atoms with Gasteiger partial charge in [0.1, 0.15) is 6.07 Å². The molecule has 0 aliphatic heterocycles. The molecule has 0 radical (unpaired) electrons. The number of hydrogen-bond acceptors (Lipinski definition) is 4. The molecule has 0 fully saturated rings. The van der Waals surface area contributed by atoms with E-state index >= 15 is 0 Å². The van der Waals surface area contributed by atoms with Gasteiger partial charge in [0.25, 0.3) is 0 Å². The van der Waals surface area contributed by atoms with Crippen LogP contribution < -0.4 is 5.32 Å². The van der Waals surface area contributed by atoms with Crippen LogP contribution in [-0.2, 0) is 13.1 Å². The van der Waals surface area contributed by atoms with Gasteiger partial charge in [-0.3, -0.25) is 0 Å². The normalized spacial score (nSPS) is 10.4. The van der Waals surface area contributed by atoms with Gasteiger partial charge in [-0.2, -0.15) is 5.26 Å². The van der Waals surface area contributed by atoms with Crippen LogP contribution in [0.5, 0.6) is 0 Å². The Morgan fingerprint density at radius 1 is 1.32 bits per heavy atom. The Bertz CT molecular complexity index is 581. The van der Waals surface area contributed by atoms with Gasteiger partial charge in [0.15, 0.2) is 0 Å². The van der Waals surface area contributed by atoms with E-state index in [1.807, 2.05) is 11.4 Å². The average molecular weight is 271 g/mol. The van der Waals surface area contributed by atoms with Crippen LogP contribution in [0.3, 0.4) is 0 Å². The first kappa shape index (κ1) is 13.6. The molecule has 0 bridgehead atoms. The minimum Gasteiger partial charge on any atom is -0.380 e. The summed E-state index contributed by atoms with van der Waals surface area (Å²) in [6.45, 7) is 1.70. The van der Waals surface area contributed by atoms with E-state index in [4.69, 9.17) is 5.26 Å². The molecule has 2 aromatic rings. The van der Waals surface area contributed by atoms with Gasteiger partial charge in [0, 0.05) is 29.0 Å². The molecule has 0 aliphatic carbocycles. The van der Waals surface area contributed by atoms with Crippen molar-refractivity contribution < 1.29 is 0 Å². The summed E-state index contributed by atoms with van der Waals surface area (Å²) in [7, 11) is 4.13. The van der Waals surface area contributed by atoms with Crippen molar-refractivity contribution in [2.45, 2.75) is 13.1 Å². The van der Waals surface area contributed by atoms with E-state index in [1.165, 1.54) is 10.4 Å². The number of rotatable bonds is 5. The van der Waals surface area contributed by atoms with Crippen LogP contribution in [-0.4, -0.2) is 19.0 Å². The molecule has 0 amide bonds. The Morgan fingerprint density at radius 2 is 2.16 bits per heavy atom. The zero-order valence-corrected chi connectivity index (χ0v) is 12.0. The van der Waals surface area contributed by atoms with Gasteiger partial charge < -0.3 is 10.2 Å². The van der Waals surface area contributed by atoms with E-state index in [2.05, 4.69) is 54.6 Å². The lowest BCUT2D eigenvalue weighted by Crippen LogP contribution is -2.10. The van der Waals surface area contributed by atoms with Crippen LogP contribution in [0.1, 0.15) is 16.0 Å². The summed E-state index contributed by atoms with van der Waals surface area (Å²) >= 11 is 1.61. The lowest BCUT2D eigenvalue weighted by Gasteiger charge is -2.11. The van der Waals surface area contributed by atoms with Crippen molar-refractivity contribution in [2.24, 2.45) is 0 Å². The lowest BCUT2D eigenvalue weighted by atomic mass is 10.2. The van der Waals surface area contributed by atoms with Crippen LogP contribution in [0.15, 0.2) is 35.7 Å². The molecule has 0 unspecified atom stereocenters. The molecule has 19 heavy (non-hydrogen) atoms. The van der Waals surface area contributed by atoms with Crippen molar-refractivity contribution in [3.05, 3.63) is 51.7 Å². The highest BCUT2D eigenvalue weighted by Crippen LogP contribution is 2.17. The summed E-state index contributed by atoms with van der Waals surface area (Å²) < 4.78 is 0. The van der Waals surface area contributed by atoms with Gasteiger partial charge in [-0.25, -0.2) is 0 Å². The number of thiophene rings is 1. The smallest absolute Gasteiger partial charge is 0.100 e. The van der Waals surface area contributed by atoms with Gasteiger partial charge in [0.2, 0.25) is 0 Å². The van der Waals surface area contributed by atoms with Crippen LogP contribution >= 0.6 is 11.3 Å². The molecular weight excluding hydrogens is 254 g/mol. The minimum atomic E-state index is 0.739. The third kappa shape index (κ3) is 4.09. The Hall–Kier alpha value is -1.83. The fraction of sp³-hybridized carbons (Fsp3) is 0.267. The number of nitrogens with one attached hydrogen (secondary N) is 1.